The molecule has 0 atom stereocenters. The fraction of sp³-hybridized carbons (Fsp3) is 0.333. The number of carbonyl (C=O) groups is 1. The third-order valence-electron chi connectivity index (χ3n) is 5.48. The molecule has 0 spiro atoms. The van der Waals surface area contributed by atoms with E-state index in [2.05, 4.69) is 10.3 Å². The molecule has 0 saturated carbocycles. The molecule has 1 aliphatic rings. The van der Waals surface area contributed by atoms with Crippen LogP contribution in [-0.4, -0.2) is 55.8 Å². The number of fused-ring (bicyclic) bond motifs is 1. The van der Waals surface area contributed by atoms with Gasteiger partial charge in [0.2, 0.25) is 10.0 Å². The van der Waals surface area contributed by atoms with Crippen LogP contribution in [0.4, 0.5) is 10.8 Å². The molecule has 0 radical (unpaired) electrons. The number of benzene rings is 2. The highest BCUT2D eigenvalue weighted by atomic mass is 32.2. The van der Waals surface area contributed by atoms with Gasteiger partial charge in [0, 0.05) is 19.2 Å². The van der Waals surface area contributed by atoms with Gasteiger partial charge in [0.05, 0.1) is 40.3 Å². The molecule has 4 rings (SSSR count). The van der Waals surface area contributed by atoms with E-state index in [1.54, 1.807) is 6.07 Å². The summed E-state index contributed by atoms with van der Waals surface area (Å²) < 4.78 is 38.2. The van der Waals surface area contributed by atoms with Crippen molar-refractivity contribution in [2.24, 2.45) is 0 Å². The normalized spacial score (nSPS) is 14.6. The van der Waals surface area contributed by atoms with Crippen molar-refractivity contribution in [3.8, 4) is 11.5 Å². The van der Waals surface area contributed by atoms with Crippen molar-refractivity contribution in [1.82, 2.24) is 9.29 Å². The number of nitro benzene ring substituents is 1. The minimum absolute atomic E-state index is 0.119. The molecule has 34 heavy (non-hydrogen) atoms. The third-order valence-corrected chi connectivity index (χ3v) is 8.30. The van der Waals surface area contributed by atoms with Gasteiger partial charge in [0.1, 0.15) is 5.56 Å². The van der Waals surface area contributed by atoms with Crippen LogP contribution >= 0.6 is 11.3 Å². The van der Waals surface area contributed by atoms with Crippen LogP contribution in [-0.2, 0) is 10.0 Å². The number of nitrogens with zero attached hydrogens (tertiary/aromatic N) is 3. The molecule has 1 amide bonds. The number of aromatic nitrogens is 1. The molecule has 11 nitrogen and oxygen atoms in total. The number of piperidine rings is 1. The molecule has 1 N–H and O–H groups in total. The topological polar surface area (TPSA) is 141 Å². The standard InChI is InChI=1S/C21H22N4O7S2/c1-31-17-11-14(16(25(27)28)12-18(17)32-2)20(26)23-21-22-15-7-6-13(10-19(15)33-21)34(29,30)24-8-4-3-5-9-24/h6-7,10-12H,3-5,8-9H2,1-2H3,(H,22,23,26). The number of amides is 1. The molecule has 2 heterocycles. The number of hydrogen-bond donors (Lipinski definition) is 1. The van der Waals surface area contributed by atoms with Crippen LogP contribution in [0.5, 0.6) is 11.5 Å². The number of thiazole rings is 1. The highest BCUT2D eigenvalue weighted by Crippen LogP contribution is 2.36. The first-order chi connectivity index (χ1) is 16.2. The van der Waals surface area contributed by atoms with Gasteiger partial charge in [-0.3, -0.25) is 20.2 Å². The SMILES string of the molecule is COc1cc(C(=O)Nc2nc3ccc(S(=O)(=O)N4CCCCC4)cc3s2)c([N+](=O)[O-])cc1OC. The lowest BCUT2D eigenvalue weighted by Crippen LogP contribution is -2.35. The number of nitro groups is 1. The van der Waals surface area contributed by atoms with Crippen molar-refractivity contribution in [1.29, 1.82) is 0 Å². The number of anilines is 1. The molecule has 2 aromatic carbocycles. The van der Waals surface area contributed by atoms with Crippen LogP contribution < -0.4 is 14.8 Å². The zero-order valence-corrected chi connectivity index (χ0v) is 20.1. The van der Waals surface area contributed by atoms with E-state index < -0.39 is 26.5 Å². The van der Waals surface area contributed by atoms with E-state index in [4.69, 9.17) is 9.47 Å². The molecule has 0 bridgehead atoms. The van der Waals surface area contributed by atoms with Gasteiger partial charge in [-0.25, -0.2) is 13.4 Å². The number of methoxy groups -OCH3 is 2. The third kappa shape index (κ3) is 4.54. The first-order valence-electron chi connectivity index (χ1n) is 10.4. The van der Waals surface area contributed by atoms with Gasteiger partial charge < -0.3 is 9.47 Å². The molecule has 13 heteroatoms. The van der Waals surface area contributed by atoms with E-state index in [1.807, 2.05) is 0 Å². The first kappa shape index (κ1) is 23.9. The number of ether oxygens (including phenoxy) is 2. The summed E-state index contributed by atoms with van der Waals surface area (Å²) in [4.78, 5) is 28.2. The Labute approximate surface area is 199 Å². The largest absolute Gasteiger partial charge is 0.493 e. The van der Waals surface area contributed by atoms with Crippen molar-refractivity contribution in [3.63, 3.8) is 0 Å². The second-order valence-corrected chi connectivity index (χ2v) is 10.5. The maximum atomic E-state index is 13.0. The van der Waals surface area contributed by atoms with Gasteiger partial charge in [-0.05, 0) is 31.0 Å². The quantitative estimate of drug-likeness (QED) is 0.378. The van der Waals surface area contributed by atoms with E-state index in [0.717, 1.165) is 36.7 Å². The zero-order valence-electron chi connectivity index (χ0n) is 18.4. The lowest BCUT2D eigenvalue weighted by molar-refractivity contribution is -0.385. The summed E-state index contributed by atoms with van der Waals surface area (Å²) in [6.45, 7) is 0.989. The van der Waals surface area contributed by atoms with E-state index in [0.29, 0.717) is 23.3 Å². The summed E-state index contributed by atoms with van der Waals surface area (Å²) in [5.41, 5.74) is -0.179. The summed E-state index contributed by atoms with van der Waals surface area (Å²) in [6.07, 6.45) is 2.68. The Balaban J connectivity index is 1.63. The maximum absolute atomic E-state index is 13.0. The van der Waals surface area contributed by atoms with Crippen molar-refractivity contribution in [3.05, 3.63) is 46.0 Å². The van der Waals surface area contributed by atoms with Gasteiger partial charge in [0.15, 0.2) is 16.6 Å². The molecule has 3 aromatic rings. The van der Waals surface area contributed by atoms with Gasteiger partial charge in [-0.2, -0.15) is 4.31 Å². The van der Waals surface area contributed by atoms with E-state index in [9.17, 15) is 23.3 Å². The van der Waals surface area contributed by atoms with Crippen LogP contribution in [0.15, 0.2) is 35.2 Å². The molecule has 0 unspecified atom stereocenters. The van der Waals surface area contributed by atoms with Gasteiger partial charge in [0.25, 0.3) is 11.6 Å². The van der Waals surface area contributed by atoms with E-state index in [1.165, 1.54) is 36.7 Å². The molecule has 1 aliphatic heterocycles. The first-order valence-corrected chi connectivity index (χ1v) is 12.6. The number of nitrogens with one attached hydrogen (secondary N) is 1. The average molecular weight is 507 g/mol. The van der Waals surface area contributed by atoms with Crippen LogP contribution in [0.3, 0.4) is 0 Å². The van der Waals surface area contributed by atoms with Crippen LogP contribution in [0.1, 0.15) is 29.6 Å². The highest BCUT2D eigenvalue weighted by molar-refractivity contribution is 7.89. The summed E-state index contributed by atoms with van der Waals surface area (Å²) >= 11 is 1.08. The van der Waals surface area contributed by atoms with Crippen molar-refractivity contribution in [2.45, 2.75) is 24.2 Å². The predicted molar refractivity (Wildman–Crippen MR) is 126 cm³/mol. The number of carbonyl (C=O) groups excluding carboxylic acids is 1. The van der Waals surface area contributed by atoms with Crippen LogP contribution in [0.2, 0.25) is 0 Å². The van der Waals surface area contributed by atoms with E-state index >= 15 is 0 Å². The molecule has 0 aliphatic carbocycles. The molecule has 180 valence electrons. The molecular formula is C21H22N4O7S2. The number of sulfonamides is 1. The summed E-state index contributed by atoms with van der Waals surface area (Å²) in [7, 11) is -0.924. The Morgan fingerprint density at radius 3 is 2.44 bits per heavy atom. The van der Waals surface area contributed by atoms with Gasteiger partial charge in [-0.15, -0.1) is 0 Å². The minimum atomic E-state index is -3.62. The second kappa shape index (κ2) is 9.52. The van der Waals surface area contributed by atoms with Gasteiger partial charge >= 0.3 is 0 Å². The highest BCUT2D eigenvalue weighted by Gasteiger charge is 2.27. The Kier molecular flexibility index (Phi) is 6.68. The summed E-state index contributed by atoms with van der Waals surface area (Å²) in [6, 6.07) is 6.95. The zero-order chi connectivity index (χ0) is 24.5. The lowest BCUT2D eigenvalue weighted by Gasteiger charge is -2.25. The smallest absolute Gasteiger partial charge is 0.286 e. The Bertz CT molecular complexity index is 1360. The van der Waals surface area contributed by atoms with E-state index in [-0.39, 0.29) is 27.1 Å². The molecule has 1 saturated heterocycles. The Morgan fingerprint density at radius 1 is 1.12 bits per heavy atom. The number of rotatable bonds is 7. The molecule has 1 aromatic heterocycles. The Morgan fingerprint density at radius 2 is 1.79 bits per heavy atom. The maximum Gasteiger partial charge on any atom is 0.286 e. The van der Waals surface area contributed by atoms with Crippen LogP contribution in [0.25, 0.3) is 10.2 Å². The predicted octanol–water partition coefficient (Wildman–Crippen LogP) is 3.65. The van der Waals surface area contributed by atoms with Crippen molar-refractivity contribution < 1.29 is 27.6 Å². The van der Waals surface area contributed by atoms with Gasteiger partial charge in [-0.1, -0.05) is 17.8 Å². The summed E-state index contributed by atoms with van der Waals surface area (Å²) in [5, 5.41) is 14.2. The molecular weight excluding hydrogens is 484 g/mol. The molecule has 1 fully saturated rings. The minimum Gasteiger partial charge on any atom is -0.493 e. The fourth-order valence-electron chi connectivity index (χ4n) is 3.74. The Hall–Kier alpha value is -3.29. The fourth-order valence-corrected chi connectivity index (χ4v) is 6.26. The average Bonchev–Trinajstić information content (AvgIpc) is 3.24. The van der Waals surface area contributed by atoms with Crippen molar-refractivity contribution >= 4 is 48.3 Å². The number of hydrogen-bond acceptors (Lipinski definition) is 9. The second-order valence-electron chi connectivity index (χ2n) is 7.55. The summed E-state index contributed by atoms with van der Waals surface area (Å²) in [5.74, 6) is -0.476. The van der Waals surface area contributed by atoms with Crippen molar-refractivity contribution in [2.75, 3.05) is 32.6 Å². The monoisotopic (exact) mass is 506 g/mol. The van der Waals surface area contributed by atoms with Crippen LogP contribution in [0, 0.1) is 10.1 Å². The lowest BCUT2D eigenvalue weighted by atomic mass is 10.1.